The molecule has 2 heterocycles. The normalized spacial score (nSPS) is 21.4. The van der Waals surface area contributed by atoms with Gasteiger partial charge in [-0.2, -0.15) is 0 Å². The molecule has 2 unspecified atom stereocenters. The van der Waals surface area contributed by atoms with Crippen molar-refractivity contribution in [2.75, 3.05) is 24.5 Å². The number of pyridine rings is 1. The van der Waals surface area contributed by atoms with Gasteiger partial charge in [0.15, 0.2) is 0 Å². The van der Waals surface area contributed by atoms with Gasteiger partial charge in [-0.3, -0.25) is 4.79 Å². The summed E-state index contributed by atoms with van der Waals surface area (Å²) in [5, 5.41) is 2.84. The molecule has 0 bridgehead atoms. The maximum absolute atomic E-state index is 12.6. The van der Waals surface area contributed by atoms with Gasteiger partial charge in [0.05, 0.1) is 17.1 Å². The highest BCUT2D eigenvalue weighted by atomic mass is 32.2. The van der Waals surface area contributed by atoms with Gasteiger partial charge in [0.2, 0.25) is 10.0 Å². The number of hydrogen-bond donors (Lipinski definition) is 2. The Balaban J connectivity index is 1.34. The van der Waals surface area contributed by atoms with Crippen LogP contribution in [0, 0.1) is 5.92 Å². The minimum absolute atomic E-state index is 0.103. The average molecular weight is 459 g/mol. The number of rotatable bonds is 8. The van der Waals surface area contributed by atoms with Crippen LogP contribution in [-0.2, 0) is 21.3 Å². The zero-order chi connectivity index (χ0) is 22.7. The lowest BCUT2D eigenvalue weighted by Crippen LogP contribution is -2.45. The van der Waals surface area contributed by atoms with Crippen molar-refractivity contribution in [3.8, 4) is 0 Å². The Kier molecular flexibility index (Phi) is 6.78. The molecule has 1 aliphatic carbocycles. The van der Waals surface area contributed by atoms with E-state index in [1.165, 1.54) is 12.1 Å². The van der Waals surface area contributed by atoms with E-state index in [1.54, 1.807) is 18.3 Å². The second kappa shape index (κ2) is 9.56. The molecule has 0 spiro atoms. The summed E-state index contributed by atoms with van der Waals surface area (Å²) >= 11 is 0. The summed E-state index contributed by atoms with van der Waals surface area (Å²) in [5.74, 6) is 0.995. The summed E-state index contributed by atoms with van der Waals surface area (Å²) < 4.78 is 33.3. The molecule has 2 N–H and O–H groups in total. The molecular formula is C23H30N4O4S. The topological polar surface area (TPSA) is 101 Å². The smallest absolute Gasteiger partial charge is 0.251 e. The van der Waals surface area contributed by atoms with Gasteiger partial charge >= 0.3 is 0 Å². The fourth-order valence-electron chi connectivity index (χ4n) is 3.80. The van der Waals surface area contributed by atoms with Crippen LogP contribution in [0.3, 0.4) is 0 Å². The van der Waals surface area contributed by atoms with E-state index >= 15 is 0 Å². The van der Waals surface area contributed by atoms with Crippen molar-refractivity contribution >= 4 is 21.7 Å². The molecule has 4 rings (SSSR count). The maximum Gasteiger partial charge on any atom is 0.251 e. The molecule has 1 saturated heterocycles. The van der Waals surface area contributed by atoms with Gasteiger partial charge in [-0.05, 0) is 62.4 Å². The van der Waals surface area contributed by atoms with E-state index in [0.29, 0.717) is 24.6 Å². The molecule has 2 atom stereocenters. The lowest BCUT2D eigenvalue weighted by molar-refractivity contribution is -0.00546. The fraction of sp³-hybridized carbons (Fsp3) is 0.478. The maximum atomic E-state index is 12.6. The number of sulfonamides is 1. The lowest BCUT2D eigenvalue weighted by Gasteiger charge is -2.36. The third-order valence-electron chi connectivity index (χ3n) is 5.67. The first-order valence-corrected chi connectivity index (χ1v) is 12.5. The number of benzene rings is 1. The third-order valence-corrected chi connectivity index (χ3v) is 7.09. The van der Waals surface area contributed by atoms with E-state index in [9.17, 15) is 13.2 Å². The third kappa shape index (κ3) is 5.85. The van der Waals surface area contributed by atoms with Crippen molar-refractivity contribution in [2.24, 2.45) is 5.92 Å². The monoisotopic (exact) mass is 458 g/mol. The first-order valence-electron chi connectivity index (χ1n) is 11.0. The molecule has 2 aromatic rings. The molecule has 1 saturated carbocycles. The van der Waals surface area contributed by atoms with Gasteiger partial charge < -0.3 is 15.0 Å². The summed E-state index contributed by atoms with van der Waals surface area (Å²) in [4.78, 5) is 19.4. The molecule has 8 nitrogen and oxygen atoms in total. The molecule has 172 valence electrons. The Morgan fingerprint density at radius 3 is 2.56 bits per heavy atom. The van der Waals surface area contributed by atoms with Gasteiger partial charge in [-0.15, -0.1) is 0 Å². The highest BCUT2D eigenvalue weighted by molar-refractivity contribution is 7.89. The van der Waals surface area contributed by atoms with E-state index < -0.39 is 10.0 Å². The van der Waals surface area contributed by atoms with Crippen LogP contribution in [0.5, 0.6) is 0 Å². The molecule has 1 aromatic carbocycles. The Bertz CT molecular complexity index is 1040. The van der Waals surface area contributed by atoms with Crippen LogP contribution in [0.15, 0.2) is 47.5 Å². The second-order valence-corrected chi connectivity index (χ2v) is 10.5. The van der Waals surface area contributed by atoms with Crippen LogP contribution in [-0.4, -0.2) is 51.2 Å². The number of anilines is 1. The number of ether oxygens (including phenoxy) is 1. The van der Waals surface area contributed by atoms with Crippen molar-refractivity contribution in [2.45, 2.75) is 50.3 Å². The fourth-order valence-corrected chi connectivity index (χ4v) is 4.96. The molecule has 1 aromatic heterocycles. The minimum Gasteiger partial charge on any atom is -0.372 e. The number of amides is 1. The lowest BCUT2D eigenvalue weighted by atomic mass is 10.2. The highest BCUT2D eigenvalue weighted by Crippen LogP contribution is 2.28. The number of nitrogens with one attached hydrogen (secondary N) is 2. The summed E-state index contributed by atoms with van der Waals surface area (Å²) in [5.41, 5.74) is 1.17. The minimum atomic E-state index is -3.62. The van der Waals surface area contributed by atoms with Crippen LogP contribution < -0.4 is 14.9 Å². The van der Waals surface area contributed by atoms with Crippen molar-refractivity contribution in [3.63, 3.8) is 0 Å². The summed E-state index contributed by atoms with van der Waals surface area (Å²) in [6.07, 6.45) is 4.19. The van der Waals surface area contributed by atoms with Crippen molar-refractivity contribution in [1.29, 1.82) is 0 Å². The molecule has 1 amide bonds. The van der Waals surface area contributed by atoms with Gasteiger partial charge in [0.25, 0.3) is 5.91 Å². The number of morpholine rings is 1. The molecule has 2 fully saturated rings. The zero-order valence-corrected chi connectivity index (χ0v) is 19.3. The van der Waals surface area contributed by atoms with Gasteiger partial charge in [0, 0.05) is 37.9 Å². The van der Waals surface area contributed by atoms with E-state index in [1.807, 2.05) is 12.1 Å². The van der Waals surface area contributed by atoms with E-state index in [4.69, 9.17) is 4.74 Å². The number of hydrogen-bond acceptors (Lipinski definition) is 6. The Hall–Kier alpha value is -2.49. The largest absolute Gasteiger partial charge is 0.372 e. The molecule has 32 heavy (non-hydrogen) atoms. The summed E-state index contributed by atoms with van der Waals surface area (Å²) in [7, 11) is -3.62. The number of carbonyl (C=O) groups is 1. The van der Waals surface area contributed by atoms with Crippen LogP contribution in [0.1, 0.15) is 42.6 Å². The first-order chi connectivity index (χ1) is 15.3. The summed E-state index contributed by atoms with van der Waals surface area (Å²) in [6.45, 7) is 6.44. The van der Waals surface area contributed by atoms with E-state index in [-0.39, 0.29) is 23.0 Å². The molecule has 1 aliphatic heterocycles. The Labute approximate surface area is 189 Å². The quantitative estimate of drug-likeness (QED) is 0.630. The summed E-state index contributed by atoms with van der Waals surface area (Å²) in [6, 6.07) is 9.99. The first kappa shape index (κ1) is 22.7. The van der Waals surface area contributed by atoms with Gasteiger partial charge in [0.1, 0.15) is 5.82 Å². The molecular weight excluding hydrogens is 428 g/mol. The van der Waals surface area contributed by atoms with E-state index in [2.05, 4.69) is 33.8 Å². The number of aromatic nitrogens is 1. The number of carbonyl (C=O) groups excluding carboxylic acids is 1. The SMILES string of the molecule is CC1CN(c2ccc(CNC(=O)c3cccc(S(=O)(=O)NCC4CC4)c3)cn2)CC(C)O1. The predicted octanol–water partition coefficient (Wildman–Crippen LogP) is 2.31. The van der Waals surface area contributed by atoms with Crippen LogP contribution in [0.4, 0.5) is 5.82 Å². The molecule has 9 heteroatoms. The Morgan fingerprint density at radius 1 is 1.16 bits per heavy atom. The van der Waals surface area contributed by atoms with Gasteiger partial charge in [-0.25, -0.2) is 18.1 Å². The molecule has 2 aliphatic rings. The van der Waals surface area contributed by atoms with Gasteiger partial charge in [-0.1, -0.05) is 12.1 Å². The van der Waals surface area contributed by atoms with Crippen LogP contribution >= 0.6 is 0 Å². The van der Waals surface area contributed by atoms with Crippen LogP contribution in [0.25, 0.3) is 0 Å². The predicted molar refractivity (Wildman–Crippen MR) is 122 cm³/mol. The van der Waals surface area contributed by atoms with Crippen molar-refractivity contribution in [3.05, 3.63) is 53.7 Å². The molecule has 0 radical (unpaired) electrons. The average Bonchev–Trinajstić information content (AvgIpc) is 3.61. The zero-order valence-electron chi connectivity index (χ0n) is 18.5. The second-order valence-electron chi connectivity index (χ2n) is 8.69. The Morgan fingerprint density at radius 2 is 1.91 bits per heavy atom. The highest BCUT2D eigenvalue weighted by Gasteiger charge is 2.25. The van der Waals surface area contributed by atoms with Crippen molar-refractivity contribution < 1.29 is 17.9 Å². The van der Waals surface area contributed by atoms with E-state index in [0.717, 1.165) is 37.3 Å². The standard InChI is InChI=1S/C23H30N4O4S/c1-16-14-27(15-17(2)31-16)22-9-8-19(11-24-22)12-25-23(28)20-4-3-5-21(10-20)32(29,30)26-13-18-6-7-18/h3-5,8-11,16-18,26H,6-7,12-15H2,1-2H3,(H,25,28). The van der Waals surface area contributed by atoms with Crippen molar-refractivity contribution in [1.82, 2.24) is 15.0 Å². The van der Waals surface area contributed by atoms with Crippen LogP contribution in [0.2, 0.25) is 0 Å². The number of nitrogens with zero attached hydrogens (tertiary/aromatic N) is 2.